The third-order valence-corrected chi connectivity index (χ3v) is 3.75. The van der Waals surface area contributed by atoms with Crippen molar-refractivity contribution in [2.24, 2.45) is 0 Å². The maximum Gasteiger partial charge on any atom is 0.187 e. The lowest BCUT2D eigenvalue weighted by Gasteiger charge is -2.25. The molecule has 1 aliphatic rings. The van der Waals surface area contributed by atoms with Crippen LogP contribution in [0.1, 0.15) is 37.3 Å². The van der Waals surface area contributed by atoms with E-state index in [2.05, 4.69) is 20.3 Å². The van der Waals surface area contributed by atoms with Crippen molar-refractivity contribution in [3.8, 4) is 0 Å². The second-order valence-corrected chi connectivity index (χ2v) is 5.13. The number of halogens is 1. The number of nitrogens with one attached hydrogen (secondary N) is 1. The number of aryl methyl sites for hydroxylation is 1. The summed E-state index contributed by atoms with van der Waals surface area (Å²) in [7, 11) is 0. The third-order valence-electron chi connectivity index (χ3n) is 3.75. The van der Waals surface area contributed by atoms with Gasteiger partial charge in [0.05, 0.1) is 12.0 Å². The Morgan fingerprint density at radius 3 is 2.95 bits per heavy atom. The van der Waals surface area contributed by atoms with E-state index >= 15 is 0 Å². The van der Waals surface area contributed by atoms with Crippen molar-refractivity contribution in [1.82, 2.24) is 19.5 Å². The van der Waals surface area contributed by atoms with Gasteiger partial charge in [-0.15, -0.1) is 0 Å². The van der Waals surface area contributed by atoms with Gasteiger partial charge < -0.3 is 9.88 Å². The second kappa shape index (κ2) is 5.98. The fraction of sp³-hybridized carbons (Fsp3) is 0.500. The Hall–Kier alpha value is -1.98. The highest BCUT2D eigenvalue weighted by Crippen LogP contribution is 2.37. The standard InChI is InChI=1S/C14H18FN5/c15-12-13(11-3-1-4-11)18-9-19-14(12)17-5-2-7-20-8-6-16-10-20/h6,8-11H,1-5,7H2,(H,17,18,19). The second-order valence-electron chi connectivity index (χ2n) is 5.13. The van der Waals surface area contributed by atoms with Gasteiger partial charge in [0, 0.05) is 31.4 Å². The van der Waals surface area contributed by atoms with E-state index in [0.717, 1.165) is 25.8 Å². The van der Waals surface area contributed by atoms with Crippen LogP contribution in [0.5, 0.6) is 0 Å². The van der Waals surface area contributed by atoms with E-state index < -0.39 is 0 Å². The number of nitrogens with zero attached hydrogens (tertiary/aromatic N) is 4. The summed E-state index contributed by atoms with van der Waals surface area (Å²) in [6.07, 6.45) is 11.0. The maximum absolute atomic E-state index is 14.2. The van der Waals surface area contributed by atoms with Gasteiger partial charge in [-0.05, 0) is 19.3 Å². The van der Waals surface area contributed by atoms with Crippen LogP contribution in [0, 0.1) is 5.82 Å². The normalized spacial score (nSPS) is 15.1. The highest BCUT2D eigenvalue weighted by atomic mass is 19.1. The predicted octanol–water partition coefficient (Wildman–Crippen LogP) is 2.58. The number of imidazole rings is 1. The van der Waals surface area contributed by atoms with Crippen LogP contribution in [0.15, 0.2) is 25.0 Å². The van der Waals surface area contributed by atoms with E-state index in [1.165, 1.54) is 12.7 Å². The van der Waals surface area contributed by atoms with Crippen molar-refractivity contribution in [2.75, 3.05) is 11.9 Å². The molecule has 0 spiro atoms. The zero-order valence-corrected chi connectivity index (χ0v) is 11.3. The lowest BCUT2D eigenvalue weighted by Crippen LogP contribution is -2.16. The monoisotopic (exact) mass is 275 g/mol. The molecule has 1 saturated carbocycles. The van der Waals surface area contributed by atoms with Gasteiger partial charge in [-0.3, -0.25) is 0 Å². The average molecular weight is 275 g/mol. The minimum Gasteiger partial charge on any atom is -0.367 e. The van der Waals surface area contributed by atoms with Crippen molar-refractivity contribution in [3.63, 3.8) is 0 Å². The molecule has 3 rings (SSSR count). The first-order valence-electron chi connectivity index (χ1n) is 7.04. The highest BCUT2D eigenvalue weighted by Gasteiger charge is 2.25. The van der Waals surface area contributed by atoms with Crippen LogP contribution >= 0.6 is 0 Å². The van der Waals surface area contributed by atoms with Crippen molar-refractivity contribution < 1.29 is 4.39 Å². The summed E-state index contributed by atoms with van der Waals surface area (Å²) < 4.78 is 16.2. The molecule has 5 nitrogen and oxygen atoms in total. The van der Waals surface area contributed by atoms with Gasteiger partial charge in [-0.2, -0.15) is 0 Å². The van der Waals surface area contributed by atoms with E-state index in [1.807, 2.05) is 10.8 Å². The van der Waals surface area contributed by atoms with Gasteiger partial charge in [-0.1, -0.05) is 6.42 Å². The van der Waals surface area contributed by atoms with E-state index in [-0.39, 0.29) is 11.7 Å². The van der Waals surface area contributed by atoms with Crippen molar-refractivity contribution in [1.29, 1.82) is 0 Å². The molecule has 1 fully saturated rings. The fourth-order valence-electron chi connectivity index (χ4n) is 2.36. The molecule has 0 amide bonds. The molecule has 20 heavy (non-hydrogen) atoms. The zero-order chi connectivity index (χ0) is 13.8. The lowest BCUT2D eigenvalue weighted by molar-refractivity contribution is 0.393. The molecule has 2 aromatic heterocycles. The summed E-state index contributed by atoms with van der Waals surface area (Å²) in [5.41, 5.74) is 0.573. The molecule has 2 heterocycles. The van der Waals surface area contributed by atoms with Crippen molar-refractivity contribution >= 4 is 5.82 Å². The summed E-state index contributed by atoms with van der Waals surface area (Å²) in [5, 5.41) is 3.06. The Morgan fingerprint density at radius 2 is 2.25 bits per heavy atom. The summed E-state index contributed by atoms with van der Waals surface area (Å²) in [5.74, 6) is 0.330. The van der Waals surface area contributed by atoms with Crippen LogP contribution in [-0.4, -0.2) is 26.1 Å². The first-order chi connectivity index (χ1) is 9.84. The van der Waals surface area contributed by atoms with Crippen LogP contribution in [-0.2, 0) is 6.54 Å². The molecule has 0 saturated heterocycles. The fourth-order valence-corrected chi connectivity index (χ4v) is 2.36. The third kappa shape index (κ3) is 2.79. The van der Waals surface area contributed by atoms with Crippen molar-refractivity contribution in [2.45, 2.75) is 38.1 Å². The minimum atomic E-state index is -0.278. The Labute approximate surface area is 117 Å². The molecule has 0 aromatic carbocycles. The van der Waals surface area contributed by atoms with E-state index in [4.69, 9.17) is 0 Å². The summed E-state index contributed by atoms with van der Waals surface area (Å²) in [6, 6.07) is 0. The maximum atomic E-state index is 14.2. The number of hydrogen-bond donors (Lipinski definition) is 1. The molecule has 2 aromatic rings. The molecule has 106 valence electrons. The van der Waals surface area contributed by atoms with Gasteiger partial charge in [0.2, 0.25) is 0 Å². The molecular formula is C14H18FN5. The highest BCUT2D eigenvalue weighted by molar-refractivity contribution is 5.38. The largest absolute Gasteiger partial charge is 0.367 e. The van der Waals surface area contributed by atoms with Gasteiger partial charge >= 0.3 is 0 Å². The predicted molar refractivity (Wildman–Crippen MR) is 73.9 cm³/mol. The van der Waals surface area contributed by atoms with Crippen LogP contribution in [0.3, 0.4) is 0 Å². The van der Waals surface area contributed by atoms with E-state index in [0.29, 0.717) is 18.1 Å². The van der Waals surface area contributed by atoms with E-state index in [9.17, 15) is 4.39 Å². The van der Waals surface area contributed by atoms with E-state index in [1.54, 1.807) is 12.5 Å². The van der Waals surface area contributed by atoms with Gasteiger partial charge in [0.1, 0.15) is 6.33 Å². The molecule has 0 unspecified atom stereocenters. The molecule has 0 aliphatic heterocycles. The Bertz CT molecular complexity index is 551. The number of rotatable bonds is 6. The molecule has 1 aliphatic carbocycles. The molecule has 0 bridgehead atoms. The molecule has 0 atom stereocenters. The molecule has 1 N–H and O–H groups in total. The Kier molecular flexibility index (Phi) is 3.90. The Balaban J connectivity index is 1.54. The summed E-state index contributed by atoms with van der Waals surface area (Å²) in [4.78, 5) is 12.1. The lowest BCUT2D eigenvalue weighted by atomic mass is 9.82. The van der Waals surface area contributed by atoms with Crippen molar-refractivity contribution in [3.05, 3.63) is 36.6 Å². The SMILES string of the molecule is Fc1c(NCCCn2ccnc2)ncnc1C1CCC1. The Morgan fingerprint density at radius 1 is 1.35 bits per heavy atom. The minimum absolute atomic E-state index is 0.278. The van der Waals surface area contributed by atoms with Gasteiger partial charge in [0.25, 0.3) is 0 Å². The van der Waals surface area contributed by atoms with Gasteiger partial charge in [-0.25, -0.2) is 19.3 Å². The average Bonchev–Trinajstić information content (AvgIpc) is 2.89. The topological polar surface area (TPSA) is 55.6 Å². The molecular weight excluding hydrogens is 257 g/mol. The first-order valence-corrected chi connectivity index (χ1v) is 7.04. The molecule has 6 heteroatoms. The zero-order valence-electron chi connectivity index (χ0n) is 11.3. The summed E-state index contributed by atoms with van der Waals surface area (Å²) >= 11 is 0. The van der Waals surface area contributed by atoms with Crippen LogP contribution in [0.4, 0.5) is 10.2 Å². The first kappa shape index (κ1) is 13.0. The smallest absolute Gasteiger partial charge is 0.187 e. The van der Waals surface area contributed by atoms with Crippen LogP contribution in [0.25, 0.3) is 0 Å². The molecule has 0 radical (unpaired) electrons. The number of anilines is 1. The summed E-state index contributed by atoms with van der Waals surface area (Å²) in [6.45, 7) is 1.53. The number of aromatic nitrogens is 4. The number of hydrogen-bond acceptors (Lipinski definition) is 4. The van der Waals surface area contributed by atoms with Gasteiger partial charge in [0.15, 0.2) is 11.6 Å². The van der Waals surface area contributed by atoms with Crippen LogP contribution < -0.4 is 5.32 Å². The quantitative estimate of drug-likeness (QED) is 0.823. The van der Waals surface area contributed by atoms with Crippen LogP contribution in [0.2, 0.25) is 0 Å².